The molecular formula is C17H26BrFO3Si. The summed E-state index contributed by atoms with van der Waals surface area (Å²) in [6.45, 7) is 12.9. The molecule has 23 heavy (non-hydrogen) atoms. The molecule has 0 bridgehead atoms. The van der Waals surface area contributed by atoms with Crippen LogP contribution in [0.15, 0.2) is 22.7 Å². The van der Waals surface area contributed by atoms with Crippen LogP contribution in [0.1, 0.15) is 39.2 Å². The van der Waals surface area contributed by atoms with Crippen molar-refractivity contribution in [2.45, 2.75) is 51.7 Å². The standard InChI is InChI=1S/C17H26BrFO3Si/c1-7-21-16(20)13(11-22-23(5,6)17(2,3)4)12-8-9-14(18)15(19)10-12/h8-10,13H,7,11H2,1-6H3. The molecule has 0 spiro atoms. The fourth-order valence-electron chi connectivity index (χ4n) is 1.78. The molecule has 0 N–H and O–H groups in total. The molecule has 1 rings (SSSR count). The Morgan fingerprint density at radius 3 is 2.43 bits per heavy atom. The third-order valence-corrected chi connectivity index (χ3v) is 9.48. The van der Waals surface area contributed by atoms with E-state index in [0.717, 1.165) is 0 Å². The Morgan fingerprint density at radius 1 is 1.35 bits per heavy atom. The van der Waals surface area contributed by atoms with Crippen molar-refractivity contribution in [1.82, 2.24) is 0 Å². The summed E-state index contributed by atoms with van der Waals surface area (Å²) in [5, 5.41) is 0.0389. The van der Waals surface area contributed by atoms with Crippen molar-refractivity contribution in [2.75, 3.05) is 13.2 Å². The van der Waals surface area contributed by atoms with Gasteiger partial charge in [0.15, 0.2) is 8.32 Å². The normalized spacial score (nSPS) is 13.7. The predicted octanol–water partition coefficient (Wildman–Crippen LogP) is 5.26. The van der Waals surface area contributed by atoms with Crippen LogP contribution in [0.25, 0.3) is 0 Å². The van der Waals surface area contributed by atoms with Gasteiger partial charge in [0.25, 0.3) is 0 Å². The van der Waals surface area contributed by atoms with E-state index in [-0.39, 0.29) is 24.2 Å². The van der Waals surface area contributed by atoms with Crippen LogP contribution in [0, 0.1) is 5.82 Å². The molecule has 6 heteroatoms. The number of rotatable bonds is 6. The van der Waals surface area contributed by atoms with Crippen LogP contribution in [0.4, 0.5) is 4.39 Å². The zero-order valence-electron chi connectivity index (χ0n) is 14.7. The van der Waals surface area contributed by atoms with E-state index in [1.165, 1.54) is 6.07 Å². The van der Waals surface area contributed by atoms with E-state index >= 15 is 0 Å². The van der Waals surface area contributed by atoms with E-state index in [1.807, 2.05) is 0 Å². The number of carbonyl (C=O) groups excluding carboxylic acids is 1. The number of esters is 1. The molecule has 0 amide bonds. The lowest BCUT2D eigenvalue weighted by atomic mass is 10.0. The zero-order chi connectivity index (χ0) is 17.8. The lowest BCUT2D eigenvalue weighted by molar-refractivity contribution is -0.145. The summed E-state index contributed by atoms with van der Waals surface area (Å²) in [6, 6.07) is 4.69. The number of carbonyl (C=O) groups is 1. The average molecular weight is 405 g/mol. The molecule has 1 unspecified atom stereocenters. The summed E-state index contributed by atoms with van der Waals surface area (Å²) >= 11 is 3.13. The Kier molecular flexibility index (Phi) is 6.98. The SMILES string of the molecule is CCOC(=O)C(CO[Si](C)(C)C(C)(C)C)c1ccc(Br)c(F)c1. The molecule has 0 fully saturated rings. The summed E-state index contributed by atoms with van der Waals surface area (Å²) in [5.41, 5.74) is 0.572. The van der Waals surface area contributed by atoms with Gasteiger partial charge in [-0.2, -0.15) is 0 Å². The summed E-state index contributed by atoms with van der Waals surface area (Å²) in [6.07, 6.45) is 0. The Bertz CT molecular complexity index is 555. The highest BCUT2D eigenvalue weighted by atomic mass is 79.9. The van der Waals surface area contributed by atoms with Crippen LogP contribution < -0.4 is 0 Å². The van der Waals surface area contributed by atoms with Gasteiger partial charge in [-0.1, -0.05) is 26.8 Å². The molecule has 0 saturated carbocycles. The predicted molar refractivity (Wildman–Crippen MR) is 96.6 cm³/mol. The Hall–Kier alpha value is -0.723. The van der Waals surface area contributed by atoms with Crippen molar-refractivity contribution in [2.24, 2.45) is 0 Å². The van der Waals surface area contributed by atoms with Crippen molar-refractivity contribution in [3.63, 3.8) is 0 Å². The first kappa shape index (κ1) is 20.3. The fourth-order valence-corrected chi connectivity index (χ4v) is 3.04. The van der Waals surface area contributed by atoms with Gasteiger partial charge in [0.1, 0.15) is 11.7 Å². The van der Waals surface area contributed by atoms with Gasteiger partial charge in [-0.25, -0.2) is 4.39 Å². The molecule has 0 saturated heterocycles. The summed E-state index contributed by atoms with van der Waals surface area (Å²) in [5.74, 6) is -1.40. The maximum Gasteiger partial charge on any atom is 0.315 e. The van der Waals surface area contributed by atoms with Crippen molar-refractivity contribution < 1.29 is 18.3 Å². The van der Waals surface area contributed by atoms with Gasteiger partial charge in [-0.3, -0.25) is 4.79 Å². The molecule has 0 aliphatic carbocycles. The molecule has 3 nitrogen and oxygen atoms in total. The number of hydrogen-bond donors (Lipinski definition) is 0. The van der Waals surface area contributed by atoms with Gasteiger partial charge < -0.3 is 9.16 Å². The molecule has 1 aromatic rings. The molecule has 0 heterocycles. The smallest absolute Gasteiger partial charge is 0.315 e. The minimum Gasteiger partial charge on any atom is -0.465 e. The Balaban J connectivity index is 3.02. The second-order valence-electron chi connectivity index (χ2n) is 7.05. The first-order chi connectivity index (χ1) is 10.5. The fraction of sp³-hybridized carbons (Fsp3) is 0.588. The molecule has 130 valence electrons. The Morgan fingerprint density at radius 2 is 1.96 bits per heavy atom. The second-order valence-corrected chi connectivity index (χ2v) is 12.7. The zero-order valence-corrected chi connectivity index (χ0v) is 17.3. The van der Waals surface area contributed by atoms with Gasteiger partial charge in [-0.05, 0) is 58.7 Å². The van der Waals surface area contributed by atoms with Gasteiger partial charge in [-0.15, -0.1) is 0 Å². The van der Waals surface area contributed by atoms with E-state index in [2.05, 4.69) is 49.8 Å². The van der Waals surface area contributed by atoms with Gasteiger partial charge in [0.05, 0.1) is 17.7 Å². The topological polar surface area (TPSA) is 35.5 Å². The summed E-state index contributed by atoms with van der Waals surface area (Å²) < 4.78 is 25.5. The minimum absolute atomic E-state index is 0.0389. The summed E-state index contributed by atoms with van der Waals surface area (Å²) in [7, 11) is -2.00. The van der Waals surface area contributed by atoms with Crippen molar-refractivity contribution in [3.8, 4) is 0 Å². The van der Waals surface area contributed by atoms with E-state index in [1.54, 1.807) is 19.1 Å². The van der Waals surface area contributed by atoms with E-state index < -0.39 is 20.1 Å². The van der Waals surface area contributed by atoms with Crippen molar-refractivity contribution in [1.29, 1.82) is 0 Å². The van der Waals surface area contributed by atoms with Crippen LogP contribution in [-0.2, 0) is 14.0 Å². The minimum atomic E-state index is -2.00. The van der Waals surface area contributed by atoms with Gasteiger partial charge in [0.2, 0.25) is 0 Å². The molecule has 0 aliphatic rings. The number of benzene rings is 1. The second kappa shape index (κ2) is 7.90. The highest BCUT2D eigenvalue weighted by molar-refractivity contribution is 9.10. The van der Waals surface area contributed by atoms with E-state index in [0.29, 0.717) is 10.0 Å². The number of ether oxygens (including phenoxy) is 1. The van der Waals surface area contributed by atoms with E-state index in [4.69, 9.17) is 9.16 Å². The van der Waals surface area contributed by atoms with Crippen molar-refractivity contribution in [3.05, 3.63) is 34.1 Å². The number of hydrogen-bond acceptors (Lipinski definition) is 3. The maximum atomic E-state index is 13.8. The largest absolute Gasteiger partial charge is 0.465 e. The molecule has 1 aromatic carbocycles. The van der Waals surface area contributed by atoms with Crippen LogP contribution in [0.3, 0.4) is 0 Å². The molecular weight excluding hydrogens is 379 g/mol. The van der Waals surface area contributed by atoms with Crippen LogP contribution in [0.2, 0.25) is 18.1 Å². The molecule has 0 aliphatic heterocycles. The lowest BCUT2D eigenvalue weighted by Crippen LogP contribution is -2.42. The average Bonchev–Trinajstić information content (AvgIpc) is 2.41. The first-order valence-electron chi connectivity index (χ1n) is 7.75. The third kappa shape index (κ3) is 5.40. The van der Waals surface area contributed by atoms with Crippen LogP contribution in [0.5, 0.6) is 0 Å². The molecule has 0 aromatic heterocycles. The van der Waals surface area contributed by atoms with Crippen molar-refractivity contribution >= 4 is 30.2 Å². The first-order valence-corrected chi connectivity index (χ1v) is 11.4. The highest BCUT2D eigenvalue weighted by Crippen LogP contribution is 2.37. The summed E-state index contributed by atoms with van der Waals surface area (Å²) in [4.78, 5) is 12.3. The van der Waals surface area contributed by atoms with Gasteiger partial charge >= 0.3 is 5.97 Å². The Labute approximate surface area is 147 Å². The van der Waals surface area contributed by atoms with E-state index in [9.17, 15) is 9.18 Å². The highest BCUT2D eigenvalue weighted by Gasteiger charge is 2.38. The number of halogens is 2. The monoisotopic (exact) mass is 404 g/mol. The lowest BCUT2D eigenvalue weighted by Gasteiger charge is -2.37. The van der Waals surface area contributed by atoms with Crippen LogP contribution >= 0.6 is 15.9 Å². The molecule has 0 radical (unpaired) electrons. The van der Waals surface area contributed by atoms with Crippen LogP contribution in [-0.4, -0.2) is 27.5 Å². The third-order valence-electron chi connectivity index (χ3n) is 4.33. The molecule has 1 atom stereocenters. The maximum absolute atomic E-state index is 13.8. The van der Waals surface area contributed by atoms with Gasteiger partial charge in [0, 0.05) is 0 Å². The quantitative estimate of drug-likeness (QED) is 0.479.